The number of nitrogens with two attached hydrogens (primary N) is 1. The van der Waals surface area contributed by atoms with Crippen LogP contribution < -0.4 is 5.73 Å². The Morgan fingerprint density at radius 3 is 1.94 bits per heavy atom. The lowest BCUT2D eigenvalue weighted by atomic mass is 9.84. The van der Waals surface area contributed by atoms with Gasteiger partial charge in [0.25, 0.3) is 0 Å². The summed E-state index contributed by atoms with van der Waals surface area (Å²) in [6, 6.07) is -1.29. The maximum atomic E-state index is 12.7. The van der Waals surface area contributed by atoms with Crippen molar-refractivity contribution < 1.29 is 27.9 Å². The fraction of sp³-hybridized carbons (Fsp3) is 0.818. The Hall–Kier alpha value is -1.11. The summed E-state index contributed by atoms with van der Waals surface area (Å²) >= 11 is 0. The summed E-state index contributed by atoms with van der Waals surface area (Å²) in [4.78, 5) is 22.3. The molecule has 0 aromatic heterocycles. The Labute approximate surface area is 103 Å². The normalized spacial score (nSPS) is 17.3. The van der Waals surface area contributed by atoms with Gasteiger partial charge in [0.2, 0.25) is 0 Å². The van der Waals surface area contributed by atoms with E-state index < -0.39 is 35.8 Å². The Morgan fingerprint density at radius 1 is 1.22 bits per heavy atom. The van der Waals surface area contributed by atoms with Crippen molar-refractivity contribution in [3.63, 3.8) is 0 Å². The maximum Gasteiger partial charge on any atom is 0.399 e. The van der Waals surface area contributed by atoms with Crippen molar-refractivity contribution in [1.29, 1.82) is 0 Å². The molecule has 0 aliphatic carbocycles. The molecule has 0 aromatic carbocycles. The number of Topliss-reactive ketones (excluding diaryl/α,β-unsaturated/α-hetero) is 1. The number of carbonyl (C=O) groups excluding carboxylic acids is 1. The second-order valence-electron chi connectivity index (χ2n) is 4.78. The average Bonchev–Trinajstić information content (AvgIpc) is 2.13. The third-order valence-electron chi connectivity index (χ3n) is 2.64. The van der Waals surface area contributed by atoms with Crippen LogP contribution in [0.5, 0.6) is 0 Å². The standard InChI is InChI=1S/C11H18F3NO3/c1-5(2)4-7(15)9(16)8(11(12,13)14)6(3)10(17)18/h5-8H,4,15H2,1-3H3,(H,17,18). The summed E-state index contributed by atoms with van der Waals surface area (Å²) in [5.41, 5.74) is 5.41. The fourth-order valence-electron chi connectivity index (χ4n) is 1.69. The van der Waals surface area contributed by atoms with E-state index in [1.165, 1.54) is 0 Å². The number of carboxylic acid groups (broad SMARTS) is 1. The molecule has 3 N–H and O–H groups in total. The summed E-state index contributed by atoms with van der Waals surface area (Å²) in [6.45, 7) is 4.30. The molecule has 0 aliphatic rings. The van der Waals surface area contributed by atoms with E-state index in [4.69, 9.17) is 10.8 Å². The number of carbonyl (C=O) groups is 2. The molecule has 4 nitrogen and oxygen atoms in total. The highest BCUT2D eigenvalue weighted by Gasteiger charge is 2.51. The third kappa shape index (κ3) is 4.64. The van der Waals surface area contributed by atoms with E-state index in [1.807, 2.05) is 0 Å². The Kier molecular flexibility index (Phi) is 5.79. The zero-order valence-electron chi connectivity index (χ0n) is 10.5. The smallest absolute Gasteiger partial charge is 0.399 e. The molecule has 0 rings (SSSR count). The molecule has 0 heterocycles. The molecule has 0 saturated carbocycles. The van der Waals surface area contributed by atoms with Crippen LogP contribution in [0.3, 0.4) is 0 Å². The summed E-state index contributed by atoms with van der Waals surface area (Å²) in [5, 5.41) is 8.64. The van der Waals surface area contributed by atoms with Gasteiger partial charge in [0.1, 0.15) is 5.92 Å². The fourth-order valence-corrected chi connectivity index (χ4v) is 1.69. The van der Waals surface area contributed by atoms with Crippen molar-refractivity contribution in [3.8, 4) is 0 Å². The first-order valence-corrected chi connectivity index (χ1v) is 5.57. The van der Waals surface area contributed by atoms with E-state index in [2.05, 4.69) is 0 Å². The van der Waals surface area contributed by atoms with Gasteiger partial charge in [-0.05, 0) is 12.3 Å². The van der Waals surface area contributed by atoms with E-state index in [-0.39, 0.29) is 12.3 Å². The Bertz CT molecular complexity index is 315. The van der Waals surface area contributed by atoms with Crippen LogP contribution in [0.1, 0.15) is 27.2 Å². The van der Waals surface area contributed by atoms with Gasteiger partial charge in [-0.3, -0.25) is 9.59 Å². The van der Waals surface area contributed by atoms with Crippen LogP contribution in [0.4, 0.5) is 13.2 Å². The van der Waals surface area contributed by atoms with E-state index in [9.17, 15) is 22.8 Å². The van der Waals surface area contributed by atoms with Gasteiger partial charge in [-0.25, -0.2) is 0 Å². The quantitative estimate of drug-likeness (QED) is 0.770. The van der Waals surface area contributed by atoms with E-state index in [1.54, 1.807) is 13.8 Å². The number of rotatable bonds is 6. The summed E-state index contributed by atoms with van der Waals surface area (Å²) in [5.74, 6) is -7.36. The molecule has 0 bridgehead atoms. The van der Waals surface area contributed by atoms with Crippen LogP contribution in [0.15, 0.2) is 0 Å². The van der Waals surface area contributed by atoms with Gasteiger partial charge in [0.05, 0.1) is 12.0 Å². The molecular weight excluding hydrogens is 251 g/mol. The summed E-state index contributed by atoms with van der Waals surface area (Å²) in [6.07, 6.45) is -4.80. The molecule has 0 aromatic rings. The molecule has 0 radical (unpaired) electrons. The predicted octanol–water partition coefficient (Wildman–Crippen LogP) is 1.83. The Morgan fingerprint density at radius 2 is 1.67 bits per heavy atom. The third-order valence-corrected chi connectivity index (χ3v) is 2.64. The van der Waals surface area contributed by atoms with Crippen molar-refractivity contribution in [1.82, 2.24) is 0 Å². The minimum absolute atomic E-state index is 0.0435. The molecule has 18 heavy (non-hydrogen) atoms. The number of carboxylic acids is 1. The second kappa shape index (κ2) is 6.17. The molecule has 106 valence electrons. The number of halogens is 3. The van der Waals surface area contributed by atoms with Crippen molar-refractivity contribution in [2.24, 2.45) is 23.5 Å². The minimum atomic E-state index is -4.90. The maximum absolute atomic E-state index is 12.7. The average molecular weight is 269 g/mol. The first-order valence-electron chi connectivity index (χ1n) is 5.57. The first-order chi connectivity index (χ1) is 7.98. The molecule has 3 unspecified atom stereocenters. The van der Waals surface area contributed by atoms with Gasteiger partial charge in [0, 0.05) is 0 Å². The largest absolute Gasteiger partial charge is 0.481 e. The molecule has 0 spiro atoms. The van der Waals surface area contributed by atoms with Gasteiger partial charge in [-0.2, -0.15) is 13.2 Å². The lowest BCUT2D eigenvalue weighted by Crippen LogP contribution is -2.47. The highest BCUT2D eigenvalue weighted by atomic mass is 19.4. The lowest BCUT2D eigenvalue weighted by molar-refractivity contribution is -0.197. The van der Waals surface area contributed by atoms with Crippen LogP contribution in [0, 0.1) is 17.8 Å². The number of alkyl halides is 3. The van der Waals surface area contributed by atoms with Crippen molar-refractivity contribution in [2.75, 3.05) is 0 Å². The summed E-state index contributed by atoms with van der Waals surface area (Å²) < 4.78 is 38.2. The number of hydrogen-bond acceptors (Lipinski definition) is 3. The van der Waals surface area contributed by atoms with Gasteiger partial charge >= 0.3 is 12.1 Å². The van der Waals surface area contributed by atoms with Gasteiger partial charge < -0.3 is 10.8 Å². The molecule has 0 amide bonds. The Balaban J connectivity index is 5.10. The van der Waals surface area contributed by atoms with Crippen LogP contribution in [-0.2, 0) is 9.59 Å². The molecule has 3 atom stereocenters. The van der Waals surface area contributed by atoms with Gasteiger partial charge in [-0.15, -0.1) is 0 Å². The van der Waals surface area contributed by atoms with Crippen LogP contribution in [-0.4, -0.2) is 29.1 Å². The topological polar surface area (TPSA) is 80.4 Å². The number of hydrogen-bond donors (Lipinski definition) is 2. The second-order valence-corrected chi connectivity index (χ2v) is 4.78. The van der Waals surface area contributed by atoms with Crippen molar-refractivity contribution >= 4 is 11.8 Å². The van der Waals surface area contributed by atoms with Crippen molar-refractivity contribution in [3.05, 3.63) is 0 Å². The summed E-state index contributed by atoms with van der Waals surface area (Å²) in [7, 11) is 0. The van der Waals surface area contributed by atoms with Crippen LogP contribution in [0.25, 0.3) is 0 Å². The van der Waals surface area contributed by atoms with Gasteiger partial charge in [0.15, 0.2) is 5.78 Å². The van der Waals surface area contributed by atoms with Crippen LogP contribution >= 0.6 is 0 Å². The van der Waals surface area contributed by atoms with E-state index >= 15 is 0 Å². The number of ketones is 1. The predicted molar refractivity (Wildman–Crippen MR) is 58.8 cm³/mol. The van der Waals surface area contributed by atoms with Crippen LogP contribution in [0.2, 0.25) is 0 Å². The molecule has 0 aliphatic heterocycles. The highest BCUT2D eigenvalue weighted by Crippen LogP contribution is 2.34. The monoisotopic (exact) mass is 269 g/mol. The highest BCUT2D eigenvalue weighted by molar-refractivity contribution is 5.90. The SMILES string of the molecule is CC(C)CC(N)C(=O)C(C(C)C(=O)O)C(F)(F)F. The molecular formula is C11H18F3NO3. The van der Waals surface area contributed by atoms with E-state index in [0.717, 1.165) is 6.92 Å². The molecule has 0 saturated heterocycles. The number of aliphatic carboxylic acids is 1. The zero-order chi connectivity index (χ0) is 14.7. The first kappa shape index (κ1) is 16.9. The lowest BCUT2D eigenvalue weighted by Gasteiger charge is -2.25. The zero-order valence-corrected chi connectivity index (χ0v) is 10.5. The van der Waals surface area contributed by atoms with E-state index in [0.29, 0.717) is 0 Å². The molecule has 0 fully saturated rings. The molecule has 7 heteroatoms. The minimum Gasteiger partial charge on any atom is -0.481 e. The van der Waals surface area contributed by atoms with Crippen molar-refractivity contribution in [2.45, 2.75) is 39.4 Å². The van der Waals surface area contributed by atoms with Gasteiger partial charge in [-0.1, -0.05) is 20.8 Å².